The van der Waals surface area contributed by atoms with Gasteiger partial charge in [0.15, 0.2) is 0 Å². The fourth-order valence-electron chi connectivity index (χ4n) is 3.54. The molecule has 0 aromatic heterocycles. The molecule has 3 N–H and O–H groups in total. The first kappa shape index (κ1) is 24.8. The van der Waals surface area contributed by atoms with Crippen molar-refractivity contribution in [3.05, 3.63) is 89.0 Å². The highest BCUT2D eigenvalue weighted by Gasteiger charge is 2.13. The van der Waals surface area contributed by atoms with Gasteiger partial charge in [0.25, 0.3) is 5.91 Å². The molecule has 0 unspecified atom stereocenters. The Bertz CT molecular complexity index is 1120. The smallest absolute Gasteiger partial charge is 0.303 e. The van der Waals surface area contributed by atoms with Crippen LogP contribution >= 0.6 is 0 Å². The van der Waals surface area contributed by atoms with Gasteiger partial charge in [-0.2, -0.15) is 0 Å². The molecule has 0 saturated heterocycles. The molecule has 6 heteroatoms. The van der Waals surface area contributed by atoms with Crippen molar-refractivity contribution < 1.29 is 19.4 Å². The van der Waals surface area contributed by atoms with Gasteiger partial charge in [0.2, 0.25) is 0 Å². The number of anilines is 2. The highest BCUT2D eigenvalue weighted by Crippen LogP contribution is 2.26. The Morgan fingerprint density at radius 1 is 1.00 bits per heavy atom. The molecule has 0 bridgehead atoms. The minimum Gasteiger partial charge on any atom is -0.491 e. The van der Waals surface area contributed by atoms with Crippen LogP contribution in [0.3, 0.4) is 0 Å². The quantitative estimate of drug-likeness (QED) is 0.295. The van der Waals surface area contributed by atoms with Crippen LogP contribution in [0.15, 0.2) is 66.7 Å². The summed E-state index contributed by atoms with van der Waals surface area (Å²) in [6.07, 6.45) is 0.435. The van der Waals surface area contributed by atoms with E-state index < -0.39 is 5.97 Å². The molecule has 178 valence electrons. The second-order valence-electron chi connectivity index (χ2n) is 8.58. The van der Waals surface area contributed by atoms with Gasteiger partial charge in [-0.1, -0.05) is 50.2 Å². The van der Waals surface area contributed by atoms with Crippen LogP contribution in [-0.4, -0.2) is 23.6 Å². The third kappa shape index (κ3) is 7.10. The summed E-state index contributed by atoms with van der Waals surface area (Å²) in [4.78, 5) is 23.6. The van der Waals surface area contributed by atoms with Gasteiger partial charge in [0.05, 0.1) is 12.3 Å². The molecule has 3 aromatic carbocycles. The Morgan fingerprint density at radius 2 is 1.74 bits per heavy atom. The second-order valence-corrected chi connectivity index (χ2v) is 8.58. The van der Waals surface area contributed by atoms with Crippen LogP contribution in [-0.2, 0) is 11.3 Å². The molecule has 0 radical (unpaired) electrons. The number of carbonyl (C=O) groups excluding carboxylic acids is 1. The molecular formula is C28H32N2O4. The van der Waals surface area contributed by atoms with Gasteiger partial charge in [-0.05, 0) is 66.3 Å². The van der Waals surface area contributed by atoms with Crippen LogP contribution in [0, 0.1) is 6.92 Å². The van der Waals surface area contributed by atoms with E-state index in [1.54, 1.807) is 12.1 Å². The summed E-state index contributed by atoms with van der Waals surface area (Å²) in [6, 6.07) is 21.4. The van der Waals surface area contributed by atoms with E-state index in [4.69, 9.17) is 9.84 Å². The molecule has 0 saturated carbocycles. The maximum absolute atomic E-state index is 12.9. The molecular weight excluding hydrogens is 428 g/mol. The Balaban J connectivity index is 1.60. The van der Waals surface area contributed by atoms with Crippen LogP contribution in [0.1, 0.15) is 59.7 Å². The van der Waals surface area contributed by atoms with E-state index in [-0.39, 0.29) is 18.9 Å². The number of carboxylic acids is 1. The molecule has 0 aliphatic heterocycles. The van der Waals surface area contributed by atoms with Gasteiger partial charge in [-0.3, -0.25) is 9.59 Å². The highest BCUT2D eigenvalue weighted by molar-refractivity contribution is 6.06. The lowest BCUT2D eigenvalue weighted by molar-refractivity contribution is -0.137. The predicted octanol–water partition coefficient (Wildman–Crippen LogP) is 6.23. The maximum atomic E-state index is 12.9. The van der Waals surface area contributed by atoms with Gasteiger partial charge in [0.1, 0.15) is 5.75 Å². The Hall–Kier alpha value is -3.80. The summed E-state index contributed by atoms with van der Waals surface area (Å²) in [5, 5.41) is 15.1. The average Bonchev–Trinajstić information content (AvgIpc) is 2.81. The first-order chi connectivity index (χ1) is 16.3. The second kappa shape index (κ2) is 11.9. The van der Waals surface area contributed by atoms with E-state index in [1.807, 2.05) is 37.3 Å². The van der Waals surface area contributed by atoms with Crippen LogP contribution in [0.25, 0.3) is 0 Å². The molecule has 0 fully saturated rings. The van der Waals surface area contributed by atoms with Crippen molar-refractivity contribution in [2.24, 2.45) is 0 Å². The Kier molecular flexibility index (Phi) is 8.68. The average molecular weight is 461 g/mol. The fraction of sp³-hybridized carbons (Fsp3) is 0.286. The topological polar surface area (TPSA) is 87.7 Å². The summed E-state index contributed by atoms with van der Waals surface area (Å²) in [6.45, 7) is 7.24. The summed E-state index contributed by atoms with van der Waals surface area (Å²) < 4.78 is 5.68. The van der Waals surface area contributed by atoms with E-state index in [9.17, 15) is 9.59 Å². The van der Waals surface area contributed by atoms with E-state index >= 15 is 0 Å². The predicted molar refractivity (Wildman–Crippen MR) is 136 cm³/mol. The van der Waals surface area contributed by atoms with E-state index in [1.165, 1.54) is 11.1 Å². The third-order valence-corrected chi connectivity index (χ3v) is 5.54. The summed E-state index contributed by atoms with van der Waals surface area (Å²) >= 11 is 0. The van der Waals surface area contributed by atoms with Gasteiger partial charge in [-0.25, -0.2) is 0 Å². The first-order valence-electron chi connectivity index (χ1n) is 11.5. The van der Waals surface area contributed by atoms with Gasteiger partial charge in [-0.15, -0.1) is 0 Å². The number of ether oxygens (including phenoxy) is 1. The van der Waals surface area contributed by atoms with Crippen LogP contribution in [0.4, 0.5) is 11.4 Å². The number of hydrogen-bond donors (Lipinski definition) is 3. The maximum Gasteiger partial charge on any atom is 0.303 e. The van der Waals surface area contributed by atoms with E-state index in [0.717, 1.165) is 11.3 Å². The number of para-hydroxylation sites is 2. The molecule has 1 amide bonds. The van der Waals surface area contributed by atoms with Crippen molar-refractivity contribution in [3.8, 4) is 5.75 Å². The zero-order valence-corrected chi connectivity index (χ0v) is 19.9. The van der Waals surface area contributed by atoms with Crippen LogP contribution < -0.4 is 15.4 Å². The van der Waals surface area contributed by atoms with Crippen molar-refractivity contribution in [1.29, 1.82) is 0 Å². The largest absolute Gasteiger partial charge is 0.491 e. The number of rotatable bonds is 11. The Labute approximate surface area is 201 Å². The molecule has 34 heavy (non-hydrogen) atoms. The van der Waals surface area contributed by atoms with Crippen molar-refractivity contribution in [2.45, 2.75) is 46.1 Å². The van der Waals surface area contributed by atoms with Crippen LogP contribution in [0.2, 0.25) is 0 Å². The van der Waals surface area contributed by atoms with E-state index in [0.29, 0.717) is 35.9 Å². The molecule has 0 atom stereocenters. The Morgan fingerprint density at radius 3 is 2.41 bits per heavy atom. The zero-order chi connectivity index (χ0) is 24.5. The van der Waals surface area contributed by atoms with Crippen LogP contribution in [0.5, 0.6) is 5.75 Å². The highest BCUT2D eigenvalue weighted by atomic mass is 16.5. The lowest BCUT2D eigenvalue weighted by Crippen LogP contribution is -2.15. The van der Waals surface area contributed by atoms with Crippen molar-refractivity contribution >= 4 is 23.3 Å². The molecule has 3 aromatic rings. The fourth-order valence-corrected chi connectivity index (χ4v) is 3.54. The third-order valence-electron chi connectivity index (χ3n) is 5.54. The minimum atomic E-state index is -0.859. The zero-order valence-electron chi connectivity index (χ0n) is 19.9. The normalized spacial score (nSPS) is 10.7. The SMILES string of the molecule is Cc1cc(NCc2ccc(C(C)C)cc2)ccc1C(=O)Nc1ccccc1OCCCC(=O)O. The monoisotopic (exact) mass is 460 g/mol. The molecule has 3 rings (SSSR count). The number of carbonyl (C=O) groups is 2. The molecule has 6 nitrogen and oxygen atoms in total. The van der Waals surface area contributed by atoms with Crippen molar-refractivity contribution in [1.82, 2.24) is 0 Å². The number of amides is 1. The number of nitrogens with one attached hydrogen (secondary N) is 2. The van der Waals surface area contributed by atoms with Crippen molar-refractivity contribution in [3.63, 3.8) is 0 Å². The number of aliphatic carboxylic acids is 1. The number of hydrogen-bond acceptors (Lipinski definition) is 4. The summed E-state index contributed by atoms with van der Waals surface area (Å²) in [7, 11) is 0. The lowest BCUT2D eigenvalue weighted by atomic mass is 10.0. The molecule has 0 aliphatic carbocycles. The van der Waals surface area contributed by atoms with Crippen molar-refractivity contribution in [2.75, 3.05) is 17.2 Å². The lowest BCUT2D eigenvalue weighted by Gasteiger charge is -2.14. The molecule has 0 spiro atoms. The minimum absolute atomic E-state index is 0.0390. The molecule has 0 aliphatic rings. The molecule has 0 heterocycles. The standard InChI is InChI=1S/C28H32N2O4/c1-19(2)22-12-10-21(11-13-22)18-29-23-14-15-24(20(3)17-23)28(33)30-25-7-4-5-8-26(25)34-16-6-9-27(31)32/h4-5,7-8,10-15,17,19,29H,6,9,16,18H2,1-3H3,(H,30,33)(H,31,32). The van der Waals surface area contributed by atoms with Gasteiger partial charge >= 0.3 is 5.97 Å². The summed E-state index contributed by atoms with van der Waals surface area (Å²) in [5.41, 5.74) is 5.45. The van der Waals surface area contributed by atoms with E-state index in [2.05, 4.69) is 48.7 Å². The summed E-state index contributed by atoms with van der Waals surface area (Å²) in [5.74, 6) is -0.0583. The number of benzene rings is 3. The van der Waals surface area contributed by atoms with Gasteiger partial charge in [0, 0.05) is 24.2 Å². The van der Waals surface area contributed by atoms with Gasteiger partial charge < -0.3 is 20.5 Å². The first-order valence-corrected chi connectivity index (χ1v) is 11.5. The number of aryl methyl sites for hydroxylation is 1. The number of carboxylic acid groups (broad SMARTS) is 1.